The van der Waals surface area contributed by atoms with Crippen molar-refractivity contribution >= 4 is 13.8 Å². The van der Waals surface area contributed by atoms with E-state index in [0.29, 0.717) is 6.42 Å². The van der Waals surface area contributed by atoms with Crippen LogP contribution in [0.1, 0.15) is 77.6 Å². The van der Waals surface area contributed by atoms with Crippen LogP contribution in [-0.2, 0) is 23.1 Å². The van der Waals surface area contributed by atoms with Crippen molar-refractivity contribution in [2.24, 2.45) is 0 Å². The van der Waals surface area contributed by atoms with Crippen LogP contribution in [0.3, 0.4) is 0 Å². The number of unbranched alkanes of at least 4 members (excludes halogenated alkanes) is 7. The fraction of sp³-hybridized carbons (Fsp3) is 0.808. The molecule has 228 valence electrons. The van der Waals surface area contributed by atoms with Gasteiger partial charge in [0, 0.05) is 6.42 Å². The number of ether oxygens (including phenoxy) is 1. The first-order valence-corrected chi connectivity index (χ1v) is 15.2. The lowest BCUT2D eigenvalue weighted by molar-refractivity contribution is -0.220. The molecule has 13 heteroatoms. The maximum absolute atomic E-state index is 12.1. The van der Waals surface area contributed by atoms with Crippen LogP contribution in [0.4, 0.5) is 0 Å². The largest absolute Gasteiger partial charge is 0.472 e. The van der Waals surface area contributed by atoms with E-state index in [1.807, 2.05) is 0 Å². The predicted octanol–water partition coefficient (Wildman–Crippen LogP) is 1.63. The number of carbonyl (C=O) groups excluding carboxylic acids is 1. The molecule has 0 heterocycles. The molecular weight excluding hydrogens is 535 g/mol. The van der Waals surface area contributed by atoms with Crippen LogP contribution in [0.5, 0.6) is 0 Å². The first-order valence-electron chi connectivity index (χ1n) is 13.7. The molecule has 0 aromatic rings. The molecular formula is C26H47O12P. The molecule has 1 fully saturated rings. The van der Waals surface area contributed by atoms with Crippen molar-refractivity contribution in [2.75, 3.05) is 13.2 Å². The second kappa shape index (κ2) is 19.8. The van der Waals surface area contributed by atoms with Gasteiger partial charge in [-0.25, -0.2) is 4.57 Å². The summed E-state index contributed by atoms with van der Waals surface area (Å²) in [5, 5.41) is 58.5. The highest BCUT2D eigenvalue weighted by Gasteiger charge is 2.51. The normalized spacial score (nSPS) is 28.1. The van der Waals surface area contributed by atoms with E-state index in [4.69, 9.17) is 4.74 Å². The van der Waals surface area contributed by atoms with E-state index in [0.717, 1.165) is 44.9 Å². The third-order valence-corrected chi connectivity index (χ3v) is 7.26. The van der Waals surface area contributed by atoms with E-state index in [1.165, 1.54) is 12.8 Å². The van der Waals surface area contributed by atoms with Gasteiger partial charge in [0.15, 0.2) is 0 Å². The van der Waals surface area contributed by atoms with Gasteiger partial charge in [0.1, 0.15) is 49.3 Å². The molecule has 1 saturated carbocycles. The molecule has 0 bridgehead atoms. The van der Waals surface area contributed by atoms with E-state index >= 15 is 0 Å². The van der Waals surface area contributed by atoms with Crippen LogP contribution in [-0.4, -0.2) is 97.4 Å². The van der Waals surface area contributed by atoms with E-state index in [-0.39, 0.29) is 6.42 Å². The van der Waals surface area contributed by atoms with E-state index in [1.54, 1.807) is 0 Å². The lowest BCUT2D eigenvalue weighted by atomic mass is 9.85. The molecule has 0 amide bonds. The number of hydrogen-bond donors (Lipinski definition) is 7. The topological polar surface area (TPSA) is 203 Å². The number of aliphatic hydroxyl groups is 6. The summed E-state index contributed by atoms with van der Waals surface area (Å²) in [4.78, 5) is 21.6. The standard InChI is InChI=1S/C26H47O12P/c1-2-3-4-5-6-7-8-9-10-11-12-13-14-15-16-20(28)36-17-19(27)18-37-39(34,35)38-26-24(32)22(30)21(29)23(31)25(26)33/h5-6,8-9,19,21-27,29-33H,2-4,7,10-18H2,1H3,(H,34,35)/b6-5-,9-8-. The van der Waals surface area contributed by atoms with Gasteiger partial charge in [0.25, 0.3) is 0 Å². The van der Waals surface area contributed by atoms with Crippen molar-refractivity contribution in [3.05, 3.63) is 24.3 Å². The average molecular weight is 583 g/mol. The number of allylic oxidation sites excluding steroid dienone is 4. The van der Waals surface area contributed by atoms with Crippen LogP contribution in [0.25, 0.3) is 0 Å². The lowest BCUT2D eigenvalue weighted by Crippen LogP contribution is -2.64. The second-order valence-corrected chi connectivity index (χ2v) is 11.2. The summed E-state index contributed by atoms with van der Waals surface area (Å²) >= 11 is 0. The molecule has 0 saturated heterocycles. The van der Waals surface area contributed by atoms with Crippen LogP contribution in [0.15, 0.2) is 24.3 Å². The SMILES string of the molecule is CCCC/C=C\C/C=C\CCCCCCCC(=O)OCC(O)COP(=O)(O)OC1C(O)C(O)C(O)C(O)C1O. The molecule has 39 heavy (non-hydrogen) atoms. The van der Waals surface area contributed by atoms with Gasteiger partial charge in [-0.1, -0.05) is 63.3 Å². The third-order valence-electron chi connectivity index (χ3n) is 6.28. The number of esters is 1. The summed E-state index contributed by atoms with van der Waals surface area (Å²) in [6.45, 7) is 0.912. The Morgan fingerprint density at radius 3 is 1.95 bits per heavy atom. The number of phosphoric acid groups is 1. The Labute approximate surface area is 230 Å². The van der Waals surface area contributed by atoms with Crippen LogP contribution in [0.2, 0.25) is 0 Å². The minimum atomic E-state index is -4.99. The molecule has 6 unspecified atom stereocenters. The fourth-order valence-electron chi connectivity index (χ4n) is 3.89. The maximum atomic E-state index is 12.1. The summed E-state index contributed by atoms with van der Waals surface area (Å²) in [6.07, 6.45) is 6.00. The predicted molar refractivity (Wildman–Crippen MR) is 142 cm³/mol. The van der Waals surface area contributed by atoms with E-state index in [2.05, 4.69) is 40.3 Å². The van der Waals surface area contributed by atoms with Crippen LogP contribution < -0.4 is 0 Å². The summed E-state index contributed by atoms with van der Waals surface area (Å²) in [5.41, 5.74) is 0. The molecule has 7 N–H and O–H groups in total. The monoisotopic (exact) mass is 582 g/mol. The Hall–Kier alpha value is -1.18. The molecule has 0 spiro atoms. The minimum absolute atomic E-state index is 0.174. The highest BCUT2D eigenvalue weighted by molar-refractivity contribution is 7.47. The van der Waals surface area contributed by atoms with Gasteiger partial charge in [-0.05, 0) is 32.1 Å². The Morgan fingerprint density at radius 1 is 0.795 bits per heavy atom. The van der Waals surface area contributed by atoms with Gasteiger partial charge in [0.2, 0.25) is 0 Å². The first-order chi connectivity index (χ1) is 18.5. The number of hydrogen-bond acceptors (Lipinski definition) is 11. The van der Waals surface area contributed by atoms with Crippen molar-refractivity contribution in [3.63, 3.8) is 0 Å². The fourth-order valence-corrected chi connectivity index (χ4v) is 4.86. The van der Waals surface area contributed by atoms with Crippen LogP contribution in [0, 0.1) is 0 Å². The Morgan fingerprint density at radius 2 is 1.33 bits per heavy atom. The number of phosphoric ester groups is 1. The average Bonchev–Trinajstić information content (AvgIpc) is 2.91. The Balaban J connectivity index is 2.13. The van der Waals surface area contributed by atoms with Gasteiger partial charge >= 0.3 is 13.8 Å². The van der Waals surface area contributed by atoms with Crippen molar-refractivity contribution < 1.29 is 58.7 Å². The number of rotatable bonds is 20. The molecule has 0 aromatic carbocycles. The quantitative estimate of drug-likeness (QED) is 0.0474. The van der Waals surface area contributed by atoms with Gasteiger partial charge in [-0.2, -0.15) is 0 Å². The van der Waals surface area contributed by atoms with Gasteiger partial charge in [0.05, 0.1) is 6.61 Å². The summed E-state index contributed by atoms with van der Waals surface area (Å²) in [6, 6.07) is 0. The van der Waals surface area contributed by atoms with Crippen molar-refractivity contribution in [1.29, 1.82) is 0 Å². The first kappa shape index (κ1) is 35.8. The molecule has 1 rings (SSSR count). The zero-order valence-corrected chi connectivity index (χ0v) is 23.6. The molecule has 6 atom stereocenters. The summed E-state index contributed by atoms with van der Waals surface area (Å²) in [7, 11) is -4.99. The molecule has 0 radical (unpaired) electrons. The molecule has 1 aliphatic carbocycles. The third kappa shape index (κ3) is 14.9. The zero-order chi connectivity index (χ0) is 29.3. The second-order valence-electron chi connectivity index (χ2n) is 9.75. The van der Waals surface area contributed by atoms with Crippen LogP contribution >= 0.6 is 7.82 Å². The van der Waals surface area contributed by atoms with Gasteiger partial charge < -0.3 is 40.3 Å². The molecule has 1 aliphatic rings. The maximum Gasteiger partial charge on any atom is 0.472 e. The lowest BCUT2D eigenvalue weighted by Gasteiger charge is -2.41. The summed E-state index contributed by atoms with van der Waals surface area (Å²) < 4.78 is 26.3. The van der Waals surface area contributed by atoms with Crippen molar-refractivity contribution in [3.8, 4) is 0 Å². The highest BCUT2D eigenvalue weighted by Crippen LogP contribution is 2.47. The van der Waals surface area contributed by atoms with Crippen molar-refractivity contribution in [2.45, 2.75) is 120 Å². The van der Waals surface area contributed by atoms with Gasteiger partial charge in [-0.3, -0.25) is 13.8 Å². The number of carbonyl (C=O) groups is 1. The number of aliphatic hydroxyl groups excluding tert-OH is 6. The molecule has 12 nitrogen and oxygen atoms in total. The Bertz CT molecular complexity index is 760. The van der Waals surface area contributed by atoms with E-state index in [9.17, 15) is 44.9 Å². The van der Waals surface area contributed by atoms with Crippen molar-refractivity contribution in [1.82, 2.24) is 0 Å². The zero-order valence-electron chi connectivity index (χ0n) is 22.7. The highest BCUT2D eigenvalue weighted by atomic mass is 31.2. The molecule has 0 aromatic heterocycles. The van der Waals surface area contributed by atoms with Gasteiger partial charge in [-0.15, -0.1) is 0 Å². The minimum Gasteiger partial charge on any atom is -0.463 e. The van der Waals surface area contributed by atoms with E-state index < -0.39 is 69.7 Å². The molecule has 0 aliphatic heterocycles. The Kier molecular flexibility index (Phi) is 18.2. The smallest absolute Gasteiger partial charge is 0.463 e. The summed E-state index contributed by atoms with van der Waals surface area (Å²) in [5.74, 6) is -0.526.